The van der Waals surface area contributed by atoms with Crippen LogP contribution >= 0.6 is 11.3 Å². The molecule has 0 saturated carbocycles. The summed E-state index contributed by atoms with van der Waals surface area (Å²) in [6, 6.07) is 13.9. The van der Waals surface area contributed by atoms with Crippen LogP contribution in [-0.2, 0) is 9.53 Å². The molecule has 0 fully saturated rings. The molecule has 0 aliphatic carbocycles. The second kappa shape index (κ2) is 6.25. The Balaban J connectivity index is 1.83. The minimum atomic E-state index is -0.161. The van der Waals surface area contributed by atoms with E-state index in [1.54, 1.807) is 11.3 Å². The van der Waals surface area contributed by atoms with E-state index in [9.17, 15) is 4.79 Å². The summed E-state index contributed by atoms with van der Waals surface area (Å²) in [5, 5.41) is 3.76. The minimum Gasteiger partial charge on any atom is -0.375 e. The van der Waals surface area contributed by atoms with Gasteiger partial charge in [-0.1, -0.05) is 6.07 Å². The molecule has 2 aromatic carbocycles. The topological polar surface area (TPSA) is 51.2 Å². The number of benzene rings is 2. The van der Waals surface area contributed by atoms with Crippen LogP contribution < -0.4 is 5.32 Å². The largest absolute Gasteiger partial charge is 0.375 e. The first kappa shape index (κ1) is 14.7. The number of hydrogen-bond donors (Lipinski definition) is 1. The van der Waals surface area contributed by atoms with Gasteiger partial charge >= 0.3 is 0 Å². The molecule has 0 spiro atoms. The van der Waals surface area contributed by atoms with Crippen molar-refractivity contribution in [3.63, 3.8) is 0 Å². The Morgan fingerprint density at radius 2 is 2.00 bits per heavy atom. The maximum absolute atomic E-state index is 11.5. The Hall–Kier alpha value is -2.24. The molecule has 1 heterocycles. The molecule has 112 valence electrons. The molecule has 3 aromatic rings. The molecule has 0 bridgehead atoms. The number of nitrogens with zero attached hydrogens (tertiary/aromatic N) is 1. The third-order valence-electron chi connectivity index (χ3n) is 3.23. The van der Waals surface area contributed by atoms with Crippen LogP contribution in [0.3, 0.4) is 0 Å². The van der Waals surface area contributed by atoms with Crippen LogP contribution in [0.25, 0.3) is 20.8 Å². The van der Waals surface area contributed by atoms with Crippen LogP contribution in [0.1, 0.15) is 5.56 Å². The van der Waals surface area contributed by atoms with Crippen LogP contribution in [0.4, 0.5) is 5.69 Å². The zero-order valence-electron chi connectivity index (χ0n) is 12.4. The van der Waals surface area contributed by atoms with Crippen molar-refractivity contribution in [3.05, 3.63) is 48.0 Å². The first-order chi connectivity index (χ1) is 10.7. The van der Waals surface area contributed by atoms with Crippen LogP contribution in [0.2, 0.25) is 0 Å². The number of aryl methyl sites for hydroxylation is 1. The number of rotatable bonds is 4. The summed E-state index contributed by atoms with van der Waals surface area (Å²) in [6.07, 6.45) is 0. The third kappa shape index (κ3) is 3.16. The van der Waals surface area contributed by atoms with Crippen LogP contribution in [-0.4, -0.2) is 24.6 Å². The SMILES string of the molecule is COCC(=O)Nc1ccc(-c2nc3ccc(C)cc3s2)cc1. The van der Waals surface area contributed by atoms with Crippen LogP contribution in [0.15, 0.2) is 42.5 Å². The van der Waals surface area contributed by atoms with E-state index in [-0.39, 0.29) is 12.5 Å². The number of carbonyl (C=O) groups excluding carboxylic acids is 1. The van der Waals surface area contributed by atoms with Crippen LogP contribution in [0.5, 0.6) is 0 Å². The molecule has 0 unspecified atom stereocenters. The molecule has 4 nitrogen and oxygen atoms in total. The number of ether oxygens (including phenoxy) is 1. The molecule has 1 amide bonds. The predicted molar refractivity (Wildman–Crippen MR) is 90.3 cm³/mol. The molecule has 1 N–H and O–H groups in total. The van der Waals surface area contributed by atoms with Gasteiger partial charge in [0.1, 0.15) is 11.6 Å². The van der Waals surface area contributed by atoms with Gasteiger partial charge in [0.15, 0.2) is 0 Å². The lowest BCUT2D eigenvalue weighted by atomic mass is 10.2. The number of thiazole rings is 1. The molecule has 22 heavy (non-hydrogen) atoms. The first-order valence-electron chi connectivity index (χ1n) is 6.92. The number of nitrogens with one attached hydrogen (secondary N) is 1. The number of amides is 1. The Morgan fingerprint density at radius 1 is 1.23 bits per heavy atom. The van der Waals surface area contributed by atoms with Crippen molar-refractivity contribution in [3.8, 4) is 10.6 Å². The molecular formula is C17H16N2O2S. The van der Waals surface area contributed by atoms with Gasteiger partial charge in [0.25, 0.3) is 0 Å². The fraction of sp³-hybridized carbons (Fsp3) is 0.176. The highest BCUT2D eigenvalue weighted by Crippen LogP contribution is 2.31. The van der Waals surface area contributed by atoms with Crippen molar-refractivity contribution >= 4 is 33.1 Å². The molecule has 0 saturated heterocycles. The molecule has 3 rings (SSSR count). The summed E-state index contributed by atoms with van der Waals surface area (Å²) < 4.78 is 5.98. The maximum atomic E-state index is 11.5. The molecule has 5 heteroatoms. The average Bonchev–Trinajstić information content (AvgIpc) is 2.91. The molecule has 0 aliphatic heterocycles. The third-order valence-corrected chi connectivity index (χ3v) is 4.30. The fourth-order valence-electron chi connectivity index (χ4n) is 2.18. The van der Waals surface area contributed by atoms with E-state index in [0.717, 1.165) is 21.8 Å². The lowest BCUT2D eigenvalue weighted by molar-refractivity contribution is -0.119. The van der Waals surface area contributed by atoms with Gasteiger partial charge in [0, 0.05) is 18.4 Å². The lowest BCUT2D eigenvalue weighted by Crippen LogP contribution is -2.16. The molecule has 0 aliphatic rings. The van der Waals surface area contributed by atoms with E-state index in [2.05, 4.69) is 29.4 Å². The Morgan fingerprint density at radius 3 is 2.73 bits per heavy atom. The maximum Gasteiger partial charge on any atom is 0.250 e. The number of anilines is 1. The van der Waals surface area contributed by atoms with Crippen molar-refractivity contribution < 1.29 is 9.53 Å². The highest BCUT2D eigenvalue weighted by atomic mass is 32.1. The van der Waals surface area contributed by atoms with Crippen LogP contribution in [0, 0.1) is 6.92 Å². The Kier molecular flexibility index (Phi) is 4.18. The van der Waals surface area contributed by atoms with Crippen molar-refractivity contribution in [1.82, 2.24) is 4.98 Å². The van der Waals surface area contributed by atoms with Crippen molar-refractivity contribution in [2.75, 3.05) is 19.0 Å². The van der Waals surface area contributed by atoms with E-state index in [1.807, 2.05) is 30.3 Å². The summed E-state index contributed by atoms with van der Waals surface area (Å²) in [5.74, 6) is -0.161. The normalized spacial score (nSPS) is 10.8. The highest BCUT2D eigenvalue weighted by Gasteiger charge is 2.07. The lowest BCUT2D eigenvalue weighted by Gasteiger charge is -2.04. The van der Waals surface area contributed by atoms with Gasteiger partial charge in [-0.25, -0.2) is 4.98 Å². The highest BCUT2D eigenvalue weighted by molar-refractivity contribution is 7.21. The standard InChI is InChI=1S/C17H16N2O2S/c1-11-3-8-14-15(9-11)22-17(19-14)12-4-6-13(7-5-12)18-16(20)10-21-2/h3-9H,10H2,1-2H3,(H,18,20). The Bertz CT molecular complexity index is 809. The average molecular weight is 312 g/mol. The second-order valence-electron chi connectivity index (χ2n) is 5.05. The van der Waals surface area contributed by atoms with Gasteiger partial charge in [-0.3, -0.25) is 4.79 Å². The zero-order chi connectivity index (χ0) is 15.5. The van der Waals surface area contributed by atoms with Gasteiger partial charge in [-0.2, -0.15) is 0 Å². The first-order valence-corrected chi connectivity index (χ1v) is 7.74. The number of hydrogen-bond acceptors (Lipinski definition) is 4. The number of aromatic nitrogens is 1. The zero-order valence-corrected chi connectivity index (χ0v) is 13.2. The monoisotopic (exact) mass is 312 g/mol. The summed E-state index contributed by atoms with van der Waals surface area (Å²) >= 11 is 1.67. The molecule has 0 radical (unpaired) electrons. The van der Waals surface area contributed by atoms with E-state index >= 15 is 0 Å². The van der Waals surface area contributed by atoms with Gasteiger partial charge in [0.2, 0.25) is 5.91 Å². The minimum absolute atomic E-state index is 0.0545. The number of fused-ring (bicyclic) bond motifs is 1. The van der Waals surface area contributed by atoms with Gasteiger partial charge in [-0.15, -0.1) is 11.3 Å². The van der Waals surface area contributed by atoms with Crippen molar-refractivity contribution in [1.29, 1.82) is 0 Å². The van der Waals surface area contributed by atoms with Gasteiger partial charge < -0.3 is 10.1 Å². The summed E-state index contributed by atoms with van der Waals surface area (Å²) in [6.45, 7) is 2.13. The Labute approximate surface area is 132 Å². The molecule has 1 aromatic heterocycles. The van der Waals surface area contributed by atoms with Gasteiger partial charge in [0.05, 0.1) is 10.2 Å². The van der Waals surface area contributed by atoms with Gasteiger partial charge in [-0.05, 0) is 48.9 Å². The fourth-order valence-corrected chi connectivity index (χ4v) is 3.25. The smallest absolute Gasteiger partial charge is 0.250 e. The van der Waals surface area contributed by atoms with E-state index in [0.29, 0.717) is 0 Å². The predicted octanol–water partition coefficient (Wildman–Crippen LogP) is 3.86. The molecule has 0 atom stereocenters. The number of methoxy groups -OCH3 is 1. The van der Waals surface area contributed by atoms with Crippen molar-refractivity contribution in [2.24, 2.45) is 0 Å². The second-order valence-corrected chi connectivity index (χ2v) is 6.08. The number of carbonyl (C=O) groups is 1. The van der Waals surface area contributed by atoms with E-state index in [1.165, 1.54) is 17.4 Å². The summed E-state index contributed by atoms with van der Waals surface area (Å²) in [4.78, 5) is 16.1. The molecular weight excluding hydrogens is 296 g/mol. The summed E-state index contributed by atoms with van der Waals surface area (Å²) in [5.41, 5.74) is 4.05. The van der Waals surface area contributed by atoms with Crippen molar-refractivity contribution in [2.45, 2.75) is 6.92 Å². The quantitative estimate of drug-likeness (QED) is 0.796. The van der Waals surface area contributed by atoms with E-state index in [4.69, 9.17) is 4.74 Å². The van der Waals surface area contributed by atoms with E-state index < -0.39 is 0 Å². The summed E-state index contributed by atoms with van der Waals surface area (Å²) in [7, 11) is 1.50.